The Bertz CT molecular complexity index is 3320. The number of fused-ring (bicyclic) bond motifs is 2. The average Bonchev–Trinajstić information content (AvgIpc) is 3.86. The van der Waals surface area contributed by atoms with Gasteiger partial charge in [0.25, 0.3) is 0 Å². The number of rotatable bonds is 6. The summed E-state index contributed by atoms with van der Waals surface area (Å²) in [5.41, 5.74) is 14.1. The van der Waals surface area contributed by atoms with Crippen molar-refractivity contribution in [3.05, 3.63) is 180 Å². The van der Waals surface area contributed by atoms with Gasteiger partial charge in [0.05, 0.1) is 33.4 Å². The van der Waals surface area contributed by atoms with E-state index in [9.17, 15) is 0 Å². The molecule has 10 aromatic rings. The molecule has 0 N–H and O–H groups in total. The van der Waals surface area contributed by atoms with Crippen molar-refractivity contribution in [3.63, 3.8) is 0 Å². The van der Waals surface area contributed by atoms with Crippen LogP contribution in [0.3, 0.4) is 0 Å². The highest BCUT2D eigenvalue weighted by molar-refractivity contribution is 6.01. The summed E-state index contributed by atoms with van der Waals surface area (Å²) < 4.78 is 11.5. The van der Waals surface area contributed by atoms with Crippen molar-refractivity contribution in [2.75, 3.05) is 0 Å². The molecule has 0 radical (unpaired) electrons. The minimum absolute atomic E-state index is 0.0505. The zero-order chi connectivity index (χ0) is 44.6. The molecule has 0 bridgehead atoms. The van der Waals surface area contributed by atoms with E-state index in [0.29, 0.717) is 0 Å². The first-order chi connectivity index (χ1) is 31.2. The van der Waals surface area contributed by atoms with Crippen LogP contribution < -0.4 is 4.74 Å². The summed E-state index contributed by atoms with van der Waals surface area (Å²) in [6.45, 7) is 19.2. The molecule has 0 saturated heterocycles. The van der Waals surface area contributed by atoms with E-state index in [2.05, 4.69) is 210 Å². The molecule has 320 valence electrons. The molecular formula is C60H54N4O. The topological polar surface area (TPSA) is 44.9 Å². The van der Waals surface area contributed by atoms with E-state index in [-0.39, 0.29) is 21.7 Å². The van der Waals surface area contributed by atoms with Crippen molar-refractivity contribution in [2.45, 2.75) is 89.9 Å². The van der Waals surface area contributed by atoms with Gasteiger partial charge < -0.3 is 4.74 Å². The Morgan fingerprint density at radius 1 is 0.400 bits per heavy atom. The summed E-state index contributed by atoms with van der Waals surface area (Å²) >= 11 is 0. The van der Waals surface area contributed by atoms with Crippen LogP contribution >= 0.6 is 0 Å². The number of benzene rings is 8. The molecule has 0 atom stereocenters. The molecule has 0 spiro atoms. The Morgan fingerprint density at radius 3 is 1.22 bits per heavy atom. The molecule has 12 rings (SSSR count). The van der Waals surface area contributed by atoms with Crippen LogP contribution in [0.5, 0.6) is 11.5 Å². The van der Waals surface area contributed by atoms with Gasteiger partial charge in [0.1, 0.15) is 23.1 Å². The molecule has 0 aliphatic heterocycles. The highest BCUT2D eigenvalue weighted by Gasteiger charge is 2.41. The predicted octanol–water partition coefficient (Wildman–Crippen LogP) is 15.7. The number of para-hydroxylation sites is 4. The number of ether oxygens (including phenoxy) is 1. The lowest BCUT2D eigenvalue weighted by atomic mass is 9.62. The number of imidazole rings is 2. The fraction of sp³-hybridized carbons (Fsp3) is 0.233. The van der Waals surface area contributed by atoms with E-state index < -0.39 is 0 Å². The summed E-state index contributed by atoms with van der Waals surface area (Å²) in [6, 6.07) is 56.7. The Kier molecular flexibility index (Phi) is 8.39. The van der Waals surface area contributed by atoms with Crippen LogP contribution in [-0.4, -0.2) is 19.1 Å². The molecule has 5 nitrogen and oxygen atoms in total. The first-order valence-electron chi connectivity index (χ1n) is 23.2. The van der Waals surface area contributed by atoms with Gasteiger partial charge in [-0.05, 0) is 128 Å². The molecule has 2 aliphatic rings. The quantitative estimate of drug-likeness (QED) is 0.167. The van der Waals surface area contributed by atoms with Gasteiger partial charge in [-0.1, -0.05) is 152 Å². The largest absolute Gasteiger partial charge is 0.457 e. The maximum atomic E-state index is 6.81. The number of hydrogen-bond donors (Lipinski definition) is 0. The van der Waals surface area contributed by atoms with Gasteiger partial charge in [0.2, 0.25) is 0 Å². The number of hydrogen-bond acceptors (Lipinski definition) is 3. The van der Waals surface area contributed by atoms with Crippen molar-refractivity contribution in [1.82, 2.24) is 19.1 Å². The van der Waals surface area contributed by atoms with Crippen LogP contribution in [-0.2, 0) is 21.7 Å². The monoisotopic (exact) mass is 846 g/mol. The Balaban J connectivity index is 0.961. The summed E-state index contributed by atoms with van der Waals surface area (Å²) in [5, 5.41) is 5.25. The van der Waals surface area contributed by atoms with Crippen LogP contribution in [0.15, 0.2) is 158 Å². The fourth-order valence-electron chi connectivity index (χ4n) is 12.5. The summed E-state index contributed by atoms with van der Waals surface area (Å²) in [6.07, 6.45) is 2.20. The van der Waals surface area contributed by atoms with E-state index in [1.54, 1.807) is 0 Å². The molecule has 2 heterocycles. The van der Waals surface area contributed by atoms with Crippen molar-refractivity contribution in [2.24, 2.45) is 0 Å². The zero-order valence-corrected chi connectivity index (χ0v) is 38.6. The van der Waals surface area contributed by atoms with Gasteiger partial charge in [-0.3, -0.25) is 9.13 Å². The highest BCUT2D eigenvalue weighted by Crippen LogP contribution is 2.52. The lowest BCUT2D eigenvalue weighted by Gasteiger charge is -2.42. The summed E-state index contributed by atoms with van der Waals surface area (Å²) in [4.78, 5) is 10.6. The normalized spacial score (nSPS) is 16.7. The third kappa shape index (κ3) is 6.04. The number of nitrogens with zero attached hydrogens (tertiary/aromatic N) is 4. The molecule has 0 fully saturated rings. The molecule has 8 aromatic carbocycles. The molecule has 0 amide bonds. The van der Waals surface area contributed by atoms with Crippen LogP contribution in [0.25, 0.3) is 77.8 Å². The van der Waals surface area contributed by atoms with Crippen LogP contribution in [0, 0.1) is 0 Å². The van der Waals surface area contributed by atoms with Gasteiger partial charge in [-0.25, -0.2) is 9.97 Å². The minimum atomic E-state index is 0.0505. The third-order valence-corrected chi connectivity index (χ3v) is 14.7. The average molecular weight is 847 g/mol. The smallest absolute Gasteiger partial charge is 0.145 e. The lowest BCUT2D eigenvalue weighted by molar-refractivity contribution is 0.341. The highest BCUT2D eigenvalue weighted by atomic mass is 16.5. The van der Waals surface area contributed by atoms with Gasteiger partial charge in [0, 0.05) is 21.9 Å². The maximum absolute atomic E-state index is 6.81. The molecule has 2 aliphatic carbocycles. The minimum Gasteiger partial charge on any atom is -0.457 e. The van der Waals surface area contributed by atoms with E-state index in [0.717, 1.165) is 80.6 Å². The second kappa shape index (κ2) is 13.8. The number of aromatic nitrogens is 4. The second-order valence-electron chi connectivity index (χ2n) is 21.3. The van der Waals surface area contributed by atoms with Gasteiger partial charge in [-0.15, -0.1) is 0 Å². The van der Waals surface area contributed by atoms with Crippen molar-refractivity contribution < 1.29 is 4.74 Å². The van der Waals surface area contributed by atoms with Gasteiger partial charge in [-0.2, -0.15) is 0 Å². The Morgan fingerprint density at radius 2 is 0.785 bits per heavy atom. The molecule has 0 unspecified atom stereocenters. The fourth-order valence-corrected chi connectivity index (χ4v) is 12.5. The second-order valence-corrected chi connectivity index (χ2v) is 21.3. The Labute approximate surface area is 381 Å². The van der Waals surface area contributed by atoms with Gasteiger partial charge >= 0.3 is 0 Å². The predicted molar refractivity (Wildman–Crippen MR) is 269 cm³/mol. The first-order valence-corrected chi connectivity index (χ1v) is 23.2. The molecule has 2 aromatic heterocycles. The third-order valence-electron chi connectivity index (χ3n) is 14.7. The lowest BCUT2D eigenvalue weighted by Crippen LogP contribution is -2.34. The van der Waals surface area contributed by atoms with E-state index >= 15 is 0 Å². The van der Waals surface area contributed by atoms with Crippen LogP contribution in [0.4, 0.5) is 0 Å². The van der Waals surface area contributed by atoms with Crippen LogP contribution in [0.1, 0.15) is 90.5 Å². The van der Waals surface area contributed by atoms with Crippen molar-refractivity contribution in [1.29, 1.82) is 0 Å². The van der Waals surface area contributed by atoms with Gasteiger partial charge in [0.15, 0.2) is 0 Å². The van der Waals surface area contributed by atoms with Crippen LogP contribution in [0.2, 0.25) is 0 Å². The van der Waals surface area contributed by atoms with Crippen molar-refractivity contribution >= 4 is 43.6 Å². The molecule has 0 saturated carbocycles. The maximum Gasteiger partial charge on any atom is 0.145 e. The van der Waals surface area contributed by atoms with E-state index in [1.807, 2.05) is 12.1 Å². The SMILES string of the molecule is CC1(C)CC(C)(C)c2ccc(-n3c(-c4cccc(Oc5cccc(-c6nc7ccccc7n6-c6ccc7c8c(cccc68)C(C)(C)CC7(C)C)c5)c4)nc4ccccc43)c3cccc1c23. The summed E-state index contributed by atoms with van der Waals surface area (Å²) in [5.74, 6) is 3.23. The summed E-state index contributed by atoms with van der Waals surface area (Å²) in [7, 11) is 0. The van der Waals surface area contributed by atoms with E-state index in [1.165, 1.54) is 43.8 Å². The zero-order valence-electron chi connectivity index (χ0n) is 38.6. The Hall–Kier alpha value is -6.98. The first kappa shape index (κ1) is 39.6. The van der Waals surface area contributed by atoms with Crippen molar-refractivity contribution in [3.8, 4) is 45.6 Å². The van der Waals surface area contributed by atoms with E-state index in [4.69, 9.17) is 14.7 Å². The molecular weight excluding hydrogens is 793 g/mol. The standard InChI is InChI=1S/C60H54N4O/c1-57(2)35-59(5,6)45-29-31-49(41-21-15-23-43(57)53(41)45)63-51-27-11-9-25-47(51)61-55(63)37-17-13-19-39(33-37)65-40-20-14-18-38(34-40)56-62-48-26-10-12-28-52(48)64(56)50-32-30-46-54-42(50)22-16-24-44(54)58(3,4)36-60(46,7)8/h9-34H,35-36H2,1-8H3. The molecule has 65 heavy (non-hydrogen) atoms. The molecule has 5 heteroatoms.